The van der Waals surface area contributed by atoms with Crippen LogP contribution in [0.5, 0.6) is 0 Å². The minimum atomic E-state index is -0.232. The summed E-state index contributed by atoms with van der Waals surface area (Å²) in [4.78, 5) is 14.6. The number of nitrogens with zero attached hydrogens (tertiary/aromatic N) is 3. The first kappa shape index (κ1) is 20.8. The van der Waals surface area contributed by atoms with Crippen molar-refractivity contribution in [3.05, 3.63) is 77.4 Å². The average molecular weight is 453 g/mol. The van der Waals surface area contributed by atoms with Crippen molar-refractivity contribution in [2.75, 3.05) is 11.1 Å². The molecule has 0 aromatic heterocycles. The number of hydrazine groups is 1. The summed E-state index contributed by atoms with van der Waals surface area (Å²) >= 11 is 1.41. The zero-order valence-electron chi connectivity index (χ0n) is 17.9. The molecule has 0 saturated carbocycles. The number of benzene rings is 2. The fourth-order valence-electron chi connectivity index (χ4n) is 4.25. The fraction of sp³-hybridized carbons (Fsp3) is 0.304. The van der Waals surface area contributed by atoms with Crippen molar-refractivity contribution in [1.29, 1.82) is 0 Å². The van der Waals surface area contributed by atoms with Gasteiger partial charge in [0.2, 0.25) is 5.91 Å². The van der Waals surface area contributed by atoms with Crippen LogP contribution in [0.25, 0.3) is 0 Å². The molecule has 3 atom stereocenters. The highest BCUT2D eigenvalue weighted by atomic mass is 32.2. The Kier molecular flexibility index (Phi) is 5.52. The molecule has 9 heteroatoms. The van der Waals surface area contributed by atoms with Gasteiger partial charge in [0.15, 0.2) is 5.17 Å². The second-order valence-electron chi connectivity index (χ2n) is 8.27. The first-order valence-electron chi connectivity index (χ1n) is 10.6. The summed E-state index contributed by atoms with van der Waals surface area (Å²) in [5.41, 5.74) is 10.7. The first-order valence-corrected chi connectivity index (χ1v) is 11.6. The van der Waals surface area contributed by atoms with Crippen molar-refractivity contribution in [3.63, 3.8) is 0 Å². The van der Waals surface area contributed by atoms with Crippen molar-refractivity contribution in [2.24, 2.45) is 5.10 Å². The molecule has 7 nitrogen and oxygen atoms in total. The number of anilines is 1. The number of aryl methyl sites for hydroxylation is 2. The van der Waals surface area contributed by atoms with E-state index in [2.05, 4.69) is 31.2 Å². The van der Waals surface area contributed by atoms with Crippen LogP contribution in [-0.4, -0.2) is 38.9 Å². The highest BCUT2D eigenvalue weighted by molar-refractivity contribution is 8.14. The summed E-state index contributed by atoms with van der Waals surface area (Å²) in [5, 5.41) is 10.3. The lowest BCUT2D eigenvalue weighted by atomic mass is 10.00. The standard InChI is InChI=1S/C23H25FN6OS/c1-14-3-4-15(2)18(11-14)25-21(31)13-32-23-27-26-22-20-12-19(16-5-7-17(24)8-6-16)28-30(20)10-9-29(22)23/h3-11,19-20,22,26,28H,12-13H2,1-2H3,(H,25,31). The molecule has 3 aliphatic heterocycles. The molecule has 3 N–H and O–H groups in total. The Hall–Kier alpha value is -3.04. The van der Waals surface area contributed by atoms with Gasteiger partial charge in [0, 0.05) is 18.1 Å². The summed E-state index contributed by atoms with van der Waals surface area (Å²) in [6.45, 7) is 3.99. The van der Waals surface area contributed by atoms with Gasteiger partial charge in [-0.1, -0.05) is 36.0 Å². The van der Waals surface area contributed by atoms with Gasteiger partial charge in [0.25, 0.3) is 0 Å². The predicted molar refractivity (Wildman–Crippen MR) is 125 cm³/mol. The zero-order valence-corrected chi connectivity index (χ0v) is 18.7. The molecular formula is C23H25FN6OS. The Morgan fingerprint density at radius 3 is 2.84 bits per heavy atom. The van der Waals surface area contributed by atoms with Gasteiger partial charge >= 0.3 is 0 Å². The van der Waals surface area contributed by atoms with Crippen LogP contribution in [0.2, 0.25) is 0 Å². The zero-order chi connectivity index (χ0) is 22.2. The summed E-state index contributed by atoms with van der Waals surface area (Å²) < 4.78 is 13.3. The molecule has 0 bridgehead atoms. The van der Waals surface area contributed by atoms with E-state index in [1.54, 1.807) is 0 Å². The fourth-order valence-corrected chi connectivity index (χ4v) is 5.02. The van der Waals surface area contributed by atoms with E-state index >= 15 is 0 Å². The Morgan fingerprint density at radius 2 is 2.03 bits per heavy atom. The van der Waals surface area contributed by atoms with E-state index in [1.807, 2.05) is 56.6 Å². The highest BCUT2D eigenvalue weighted by Crippen LogP contribution is 2.35. The number of hydrazone groups is 1. The number of amides is 1. The predicted octanol–water partition coefficient (Wildman–Crippen LogP) is 3.42. The summed E-state index contributed by atoms with van der Waals surface area (Å²) in [7, 11) is 0. The number of fused-ring (bicyclic) bond motifs is 3. The van der Waals surface area contributed by atoms with Gasteiger partial charge in [-0.2, -0.15) is 5.10 Å². The summed E-state index contributed by atoms with van der Waals surface area (Å²) in [5.74, 6) is -0.0171. The van der Waals surface area contributed by atoms with Gasteiger partial charge in [-0.15, -0.1) is 0 Å². The van der Waals surface area contributed by atoms with Crippen molar-refractivity contribution < 1.29 is 9.18 Å². The molecule has 5 rings (SSSR count). The van der Waals surface area contributed by atoms with E-state index < -0.39 is 0 Å². The number of amidine groups is 1. The van der Waals surface area contributed by atoms with Crippen LogP contribution in [-0.2, 0) is 4.79 Å². The van der Waals surface area contributed by atoms with Crippen molar-refractivity contribution in [2.45, 2.75) is 38.5 Å². The monoisotopic (exact) mass is 452 g/mol. The molecule has 1 saturated heterocycles. The lowest BCUT2D eigenvalue weighted by Crippen LogP contribution is -2.54. The summed E-state index contributed by atoms with van der Waals surface area (Å²) in [6.07, 6.45) is 4.78. The van der Waals surface area contributed by atoms with Gasteiger partial charge < -0.3 is 15.2 Å². The molecule has 3 aliphatic rings. The van der Waals surface area contributed by atoms with Crippen LogP contribution in [0.15, 0.2) is 60.0 Å². The van der Waals surface area contributed by atoms with Crippen LogP contribution in [0.4, 0.5) is 10.1 Å². The maximum atomic E-state index is 13.3. The number of nitrogens with one attached hydrogen (secondary N) is 3. The number of thioether (sulfide) groups is 1. The van der Waals surface area contributed by atoms with E-state index in [4.69, 9.17) is 0 Å². The van der Waals surface area contributed by atoms with E-state index in [1.165, 1.54) is 23.9 Å². The molecule has 3 heterocycles. The number of hydrogen-bond donors (Lipinski definition) is 3. The summed E-state index contributed by atoms with van der Waals surface area (Å²) in [6, 6.07) is 12.9. The number of hydrogen-bond acceptors (Lipinski definition) is 7. The van der Waals surface area contributed by atoms with Gasteiger partial charge in [0.1, 0.15) is 12.0 Å². The van der Waals surface area contributed by atoms with Crippen LogP contribution < -0.4 is 16.2 Å². The van der Waals surface area contributed by atoms with E-state index in [0.29, 0.717) is 0 Å². The van der Waals surface area contributed by atoms with Crippen LogP contribution >= 0.6 is 11.8 Å². The van der Waals surface area contributed by atoms with Crippen LogP contribution in [0.3, 0.4) is 0 Å². The molecule has 166 valence electrons. The Morgan fingerprint density at radius 1 is 1.22 bits per heavy atom. The smallest absolute Gasteiger partial charge is 0.234 e. The maximum absolute atomic E-state index is 13.3. The molecule has 32 heavy (non-hydrogen) atoms. The largest absolute Gasteiger partial charge is 0.325 e. The SMILES string of the molecule is Cc1ccc(C)c(NC(=O)CSC2=NNC3C4CC(c5ccc(F)cc5)NN4C=CN23)c1. The van der Waals surface area contributed by atoms with E-state index in [-0.39, 0.29) is 35.7 Å². The lowest BCUT2D eigenvalue weighted by Gasteiger charge is -2.36. The average Bonchev–Trinajstić information content (AvgIpc) is 3.39. The number of carbonyl (C=O) groups excluding carboxylic acids is 1. The molecule has 0 radical (unpaired) electrons. The number of rotatable bonds is 4. The third kappa shape index (κ3) is 4.05. The minimum Gasteiger partial charge on any atom is -0.325 e. The highest BCUT2D eigenvalue weighted by Gasteiger charge is 2.44. The Balaban J connectivity index is 1.19. The van der Waals surface area contributed by atoms with Crippen LogP contribution in [0, 0.1) is 19.7 Å². The minimum absolute atomic E-state index is 0.0254. The maximum Gasteiger partial charge on any atom is 0.234 e. The molecule has 1 amide bonds. The number of carbonyl (C=O) groups is 1. The quantitative estimate of drug-likeness (QED) is 0.660. The number of halogens is 1. The third-order valence-corrected chi connectivity index (χ3v) is 6.94. The third-order valence-electron chi connectivity index (χ3n) is 5.98. The molecule has 2 aromatic rings. The molecule has 0 aliphatic carbocycles. The van der Waals surface area contributed by atoms with Gasteiger partial charge in [-0.05, 0) is 55.2 Å². The van der Waals surface area contributed by atoms with Gasteiger partial charge in [-0.3, -0.25) is 10.2 Å². The molecule has 1 fully saturated rings. The van der Waals surface area contributed by atoms with Gasteiger partial charge in [-0.25, -0.2) is 9.82 Å². The molecule has 2 aromatic carbocycles. The van der Waals surface area contributed by atoms with Crippen molar-refractivity contribution in [1.82, 2.24) is 20.8 Å². The van der Waals surface area contributed by atoms with E-state index in [9.17, 15) is 9.18 Å². The van der Waals surface area contributed by atoms with E-state index in [0.717, 1.165) is 34.0 Å². The van der Waals surface area contributed by atoms with Crippen molar-refractivity contribution >= 4 is 28.5 Å². The second-order valence-corrected chi connectivity index (χ2v) is 9.22. The molecule has 3 unspecified atom stereocenters. The first-order chi connectivity index (χ1) is 15.5. The Labute approximate surface area is 190 Å². The normalized spacial score (nSPS) is 23.5. The van der Waals surface area contributed by atoms with Crippen molar-refractivity contribution in [3.8, 4) is 0 Å². The molecule has 0 spiro atoms. The van der Waals surface area contributed by atoms with Crippen LogP contribution in [0.1, 0.15) is 29.2 Å². The molecular weight excluding hydrogens is 427 g/mol. The van der Waals surface area contributed by atoms with Gasteiger partial charge in [0.05, 0.1) is 17.8 Å². The lowest BCUT2D eigenvalue weighted by molar-refractivity contribution is -0.113. The topological polar surface area (TPSA) is 72.0 Å². The Bertz CT molecular complexity index is 1090. The second kappa shape index (κ2) is 8.48.